The Kier molecular flexibility index (Phi) is 2.12. The van der Waals surface area contributed by atoms with E-state index >= 15 is 0 Å². The minimum absolute atomic E-state index is 0.0204. The molecular formula is C11H12N2O2S. The van der Waals surface area contributed by atoms with E-state index in [-0.39, 0.29) is 12.2 Å². The van der Waals surface area contributed by atoms with Crippen molar-refractivity contribution in [2.24, 2.45) is 5.92 Å². The van der Waals surface area contributed by atoms with Gasteiger partial charge in [-0.3, -0.25) is 9.20 Å². The SMILES string of the molecule is Cc1sc2nccc(=O)n2c1C1CC1CO. The van der Waals surface area contributed by atoms with Gasteiger partial charge in [0.15, 0.2) is 4.96 Å². The minimum atomic E-state index is -0.0204. The quantitative estimate of drug-likeness (QED) is 0.851. The summed E-state index contributed by atoms with van der Waals surface area (Å²) in [5.74, 6) is 0.657. The van der Waals surface area contributed by atoms with Gasteiger partial charge in [-0.1, -0.05) is 0 Å². The lowest BCUT2D eigenvalue weighted by Crippen LogP contribution is -2.14. The first kappa shape index (κ1) is 9.99. The molecule has 0 spiro atoms. The summed E-state index contributed by atoms with van der Waals surface area (Å²) in [6, 6.07) is 1.49. The zero-order chi connectivity index (χ0) is 11.3. The van der Waals surface area contributed by atoms with Crippen molar-refractivity contribution in [1.82, 2.24) is 9.38 Å². The van der Waals surface area contributed by atoms with Crippen LogP contribution in [0.2, 0.25) is 0 Å². The second-order valence-corrected chi connectivity index (χ2v) is 5.41. The first-order valence-corrected chi connectivity index (χ1v) is 6.12. The van der Waals surface area contributed by atoms with E-state index in [0.29, 0.717) is 11.8 Å². The molecule has 0 bridgehead atoms. The molecule has 2 heterocycles. The molecule has 1 aliphatic rings. The van der Waals surface area contributed by atoms with Gasteiger partial charge in [0, 0.05) is 35.4 Å². The highest BCUT2D eigenvalue weighted by Crippen LogP contribution is 2.48. The van der Waals surface area contributed by atoms with Crippen molar-refractivity contribution in [3.8, 4) is 0 Å². The second kappa shape index (κ2) is 3.40. The summed E-state index contributed by atoms with van der Waals surface area (Å²) in [6.45, 7) is 2.22. The Bertz CT molecular complexity index is 602. The normalized spacial score (nSPS) is 23.9. The number of rotatable bonds is 2. The summed E-state index contributed by atoms with van der Waals surface area (Å²) >= 11 is 1.54. The molecule has 2 aromatic rings. The van der Waals surface area contributed by atoms with Crippen molar-refractivity contribution in [2.75, 3.05) is 6.61 Å². The first-order chi connectivity index (χ1) is 7.72. The fourth-order valence-electron chi connectivity index (χ4n) is 2.24. The lowest BCUT2D eigenvalue weighted by atomic mass is 10.2. The molecule has 1 saturated carbocycles. The lowest BCUT2D eigenvalue weighted by Gasteiger charge is -2.00. The van der Waals surface area contributed by atoms with Crippen LogP contribution in [0.4, 0.5) is 0 Å². The molecule has 2 unspecified atom stereocenters. The van der Waals surface area contributed by atoms with Gasteiger partial charge in [-0.05, 0) is 19.3 Å². The first-order valence-electron chi connectivity index (χ1n) is 5.30. The zero-order valence-electron chi connectivity index (χ0n) is 8.88. The Morgan fingerprint density at radius 3 is 3.19 bits per heavy atom. The van der Waals surface area contributed by atoms with Gasteiger partial charge in [0.05, 0.1) is 0 Å². The molecule has 3 rings (SSSR count). The Balaban J connectivity index is 2.24. The lowest BCUT2D eigenvalue weighted by molar-refractivity contribution is 0.273. The maximum absolute atomic E-state index is 11.8. The topological polar surface area (TPSA) is 54.6 Å². The van der Waals surface area contributed by atoms with E-state index in [1.807, 2.05) is 6.92 Å². The van der Waals surface area contributed by atoms with Gasteiger partial charge < -0.3 is 5.11 Å². The molecule has 0 amide bonds. The van der Waals surface area contributed by atoms with Gasteiger partial charge in [0.25, 0.3) is 5.56 Å². The largest absolute Gasteiger partial charge is 0.396 e. The number of hydrogen-bond acceptors (Lipinski definition) is 4. The van der Waals surface area contributed by atoms with Crippen LogP contribution in [0.25, 0.3) is 4.96 Å². The van der Waals surface area contributed by atoms with Crippen LogP contribution in [-0.4, -0.2) is 21.1 Å². The van der Waals surface area contributed by atoms with E-state index in [4.69, 9.17) is 5.11 Å². The maximum Gasteiger partial charge on any atom is 0.258 e. The van der Waals surface area contributed by atoms with E-state index in [9.17, 15) is 4.79 Å². The molecule has 16 heavy (non-hydrogen) atoms. The Morgan fingerprint density at radius 1 is 1.69 bits per heavy atom. The molecule has 0 radical (unpaired) electrons. The third-order valence-electron chi connectivity index (χ3n) is 3.17. The molecule has 0 aliphatic heterocycles. The van der Waals surface area contributed by atoms with Crippen LogP contribution < -0.4 is 5.56 Å². The summed E-state index contributed by atoms with van der Waals surface area (Å²) in [6.07, 6.45) is 2.53. The molecule has 84 valence electrons. The monoisotopic (exact) mass is 236 g/mol. The number of aromatic nitrogens is 2. The molecule has 1 N–H and O–H groups in total. The Hall–Kier alpha value is -1.20. The van der Waals surface area contributed by atoms with Crippen LogP contribution in [-0.2, 0) is 0 Å². The molecular weight excluding hydrogens is 224 g/mol. The number of aryl methyl sites for hydroxylation is 1. The summed E-state index contributed by atoms with van der Waals surface area (Å²) in [5, 5.41) is 9.11. The van der Waals surface area contributed by atoms with Crippen LogP contribution in [0.15, 0.2) is 17.1 Å². The van der Waals surface area contributed by atoms with Crippen LogP contribution in [0.1, 0.15) is 22.9 Å². The molecule has 5 heteroatoms. The van der Waals surface area contributed by atoms with Crippen LogP contribution in [0.3, 0.4) is 0 Å². The average Bonchev–Trinajstić information content (AvgIpc) is 2.95. The minimum Gasteiger partial charge on any atom is -0.396 e. The highest BCUT2D eigenvalue weighted by molar-refractivity contribution is 7.17. The van der Waals surface area contributed by atoms with Crippen LogP contribution in [0, 0.1) is 12.8 Å². The van der Waals surface area contributed by atoms with Gasteiger partial charge in [0.2, 0.25) is 0 Å². The molecule has 2 aromatic heterocycles. The van der Waals surface area contributed by atoms with E-state index in [0.717, 1.165) is 22.0 Å². The molecule has 4 nitrogen and oxygen atoms in total. The van der Waals surface area contributed by atoms with Crippen molar-refractivity contribution < 1.29 is 5.11 Å². The number of nitrogens with zero attached hydrogens (tertiary/aromatic N) is 2. The highest BCUT2D eigenvalue weighted by Gasteiger charge is 2.41. The highest BCUT2D eigenvalue weighted by atomic mass is 32.1. The third-order valence-corrected chi connectivity index (χ3v) is 4.15. The fourth-order valence-corrected chi connectivity index (χ4v) is 3.26. The molecule has 1 aliphatic carbocycles. The van der Waals surface area contributed by atoms with E-state index in [2.05, 4.69) is 4.98 Å². The van der Waals surface area contributed by atoms with Crippen molar-refractivity contribution in [3.63, 3.8) is 0 Å². The zero-order valence-corrected chi connectivity index (χ0v) is 9.70. The van der Waals surface area contributed by atoms with Gasteiger partial charge in [-0.25, -0.2) is 4.98 Å². The molecule has 0 aromatic carbocycles. The Morgan fingerprint density at radius 2 is 2.50 bits per heavy atom. The third kappa shape index (κ3) is 1.32. The number of thiazole rings is 1. The summed E-state index contributed by atoms with van der Waals surface area (Å²) < 4.78 is 1.69. The number of fused-ring (bicyclic) bond motifs is 1. The number of aliphatic hydroxyl groups excluding tert-OH is 1. The smallest absolute Gasteiger partial charge is 0.258 e. The van der Waals surface area contributed by atoms with Crippen molar-refractivity contribution in [3.05, 3.63) is 33.2 Å². The molecule has 1 fully saturated rings. The summed E-state index contributed by atoms with van der Waals surface area (Å²) in [7, 11) is 0. The number of hydrogen-bond donors (Lipinski definition) is 1. The van der Waals surface area contributed by atoms with E-state index < -0.39 is 0 Å². The summed E-state index contributed by atoms with van der Waals surface area (Å²) in [4.78, 5) is 17.9. The fraction of sp³-hybridized carbons (Fsp3) is 0.455. The van der Waals surface area contributed by atoms with Crippen molar-refractivity contribution >= 4 is 16.3 Å². The Labute approximate surface area is 96.2 Å². The number of aliphatic hydroxyl groups is 1. The predicted octanol–water partition coefficient (Wildman–Crippen LogP) is 1.16. The van der Waals surface area contributed by atoms with Crippen LogP contribution in [0.5, 0.6) is 0 Å². The van der Waals surface area contributed by atoms with Crippen LogP contribution >= 0.6 is 11.3 Å². The summed E-state index contributed by atoms with van der Waals surface area (Å²) in [5.41, 5.74) is 1.03. The van der Waals surface area contributed by atoms with Crippen molar-refractivity contribution in [1.29, 1.82) is 0 Å². The maximum atomic E-state index is 11.8. The molecule has 0 saturated heterocycles. The van der Waals surface area contributed by atoms with Gasteiger partial charge in [-0.2, -0.15) is 0 Å². The van der Waals surface area contributed by atoms with Gasteiger partial charge >= 0.3 is 0 Å². The average molecular weight is 236 g/mol. The van der Waals surface area contributed by atoms with Gasteiger partial charge in [0.1, 0.15) is 0 Å². The van der Waals surface area contributed by atoms with E-state index in [1.54, 1.807) is 21.9 Å². The van der Waals surface area contributed by atoms with Crippen molar-refractivity contribution in [2.45, 2.75) is 19.3 Å². The van der Waals surface area contributed by atoms with E-state index in [1.165, 1.54) is 6.07 Å². The standard InChI is InChI=1S/C11H12N2O2S/c1-6-10(8-4-7(8)5-14)13-9(15)2-3-12-11(13)16-6/h2-3,7-8,14H,4-5H2,1H3. The second-order valence-electron chi connectivity index (χ2n) is 4.23. The van der Waals surface area contributed by atoms with Gasteiger partial charge in [-0.15, -0.1) is 11.3 Å². The molecule has 2 atom stereocenters. The predicted molar refractivity (Wildman–Crippen MR) is 62.0 cm³/mol.